The standard InChI is InChI=1S/C22H16BrClN4O3/c23-15-5-3-4-14(12-15)13-25-28-22(31)21(30)27-19-7-2-1-6-18(19)20(29)26-17-10-8-16(24)9-11-17/h1-13H,(H,26,29)(H,27,30)(H,28,31)/b25-13+. The Morgan fingerprint density at radius 2 is 1.61 bits per heavy atom. The normalized spacial score (nSPS) is 10.5. The predicted molar refractivity (Wildman–Crippen MR) is 124 cm³/mol. The first-order chi connectivity index (χ1) is 14.9. The van der Waals surface area contributed by atoms with Gasteiger partial charge in [-0.05, 0) is 54.1 Å². The van der Waals surface area contributed by atoms with Gasteiger partial charge in [-0.15, -0.1) is 0 Å². The average Bonchev–Trinajstić information content (AvgIpc) is 2.75. The Kier molecular flexibility index (Phi) is 7.53. The van der Waals surface area contributed by atoms with Crippen LogP contribution in [0.25, 0.3) is 0 Å². The minimum absolute atomic E-state index is 0.185. The number of halogens is 2. The van der Waals surface area contributed by atoms with E-state index < -0.39 is 17.7 Å². The molecule has 9 heteroatoms. The van der Waals surface area contributed by atoms with Gasteiger partial charge in [0.25, 0.3) is 5.91 Å². The molecule has 0 aliphatic rings. The third kappa shape index (κ3) is 6.50. The van der Waals surface area contributed by atoms with Gasteiger partial charge in [0.1, 0.15) is 0 Å². The van der Waals surface area contributed by atoms with E-state index in [2.05, 4.69) is 37.1 Å². The van der Waals surface area contributed by atoms with Crippen LogP contribution in [0.4, 0.5) is 11.4 Å². The second-order valence-electron chi connectivity index (χ2n) is 6.21. The Bertz CT molecular complexity index is 1150. The lowest BCUT2D eigenvalue weighted by atomic mass is 10.1. The van der Waals surface area contributed by atoms with E-state index in [0.29, 0.717) is 10.7 Å². The second kappa shape index (κ2) is 10.5. The topological polar surface area (TPSA) is 99.7 Å². The molecule has 3 rings (SSSR count). The monoisotopic (exact) mass is 498 g/mol. The summed E-state index contributed by atoms with van der Waals surface area (Å²) in [4.78, 5) is 36.9. The van der Waals surface area contributed by atoms with Crippen molar-refractivity contribution >= 4 is 62.8 Å². The zero-order valence-electron chi connectivity index (χ0n) is 15.9. The molecule has 0 radical (unpaired) electrons. The molecule has 0 saturated heterocycles. The van der Waals surface area contributed by atoms with Crippen molar-refractivity contribution in [3.63, 3.8) is 0 Å². The molecule has 156 valence electrons. The van der Waals surface area contributed by atoms with Crippen molar-refractivity contribution < 1.29 is 14.4 Å². The molecule has 0 aromatic heterocycles. The van der Waals surface area contributed by atoms with Crippen LogP contribution in [-0.2, 0) is 9.59 Å². The van der Waals surface area contributed by atoms with Crippen LogP contribution in [0.5, 0.6) is 0 Å². The first kappa shape index (κ1) is 22.2. The molecule has 0 unspecified atom stereocenters. The molecule has 0 saturated carbocycles. The molecule has 0 bridgehead atoms. The molecule has 3 N–H and O–H groups in total. The number of hydrogen-bond acceptors (Lipinski definition) is 4. The summed E-state index contributed by atoms with van der Waals surface area (Å²) in [5.74, 6) is -2.39. The number of nitrogens with one attached hydrogen (secondary N) is 3. The third-order valence-electron chi connectivity index (χ3n) is 3.96. The van der Waals surface area contributed by atoms with E-state index in [1.807, 2.05) is 12.1 Å². The minimum atomic E-state index is -0.973. The molecular weight excluding hydrogens is 484 g/mol. The number of amides is 3. The van der Waals surface area contributed by atoms with Crippen LogP contribution in [0.3, 0.4) is 0 Å². The van der Waals surface area contributed by atoms with E-state index in [1.165, 1.54) is 18.3 Å². The zero-order chi connectivity index (χ0) is 22.2. The molecule has 3 aromatic rings. The minimum Gasteiger partial charge on any atom is -0.322 e. The van der Waals surface area contributed by atoms with Gasteiger partial charge < -0.3 is 10.6 Å². The van der Waals surface area contributed by atoms with E-state index in [0.717, 1.165) is 10.0 Å². The van der Waals surface area contributed by atoms with Gasteiger partial charge in [-0.25, -0.2) is 5.43 Å². The third-order valence-corrected chi connectivity index (χ3v) is 4.70. The van der Waals surface area contributed by atoms with Gasteiger partial charge in [-0.3, -0.25) is 14.4 Å². The molecule has 3 aromatic carbocycles. The highest BCUT2D eigenvalue weighted by atomic mass is 79.9. The Morgan fingerprint density at radius 1 is 0.871 bits per heavy atom. The molecular formula is C22H16BrClN4O3. The molecule has 0 spiro atoms. The molecule has 0 fully saturated rings. The Labute approximate surface area is 191 Å². The van der Waals surface area contributed by atoms with E-state index in [9.17, 15) is 14.4 Å². The molecule has 31 heavy (non-hydrogen) atoms. The number of nitrogens with zero attached hydrogens (tertiary/aromatic N) is 1. The number of rotatable bonds is 5. The highest BCUT2D eigenvalue weighted by Gasteiger charge is 2.17. The van der Waals surface area contributed by atoms with E-state index in [1.54, 1.807) is 48.5 Å². The summed E-state index contributed by atoms with van der Waals surface area (Å²) in [5, 5.41) is 9.45. The lowest BCUT2D eigenvalue weighted by molar-refractivity contribution is -0.136. The summed E-state index contributed by atoms with van der Waals surface area (Å²) < 4.78 is 0.856. The SMILES string of the molecule is O=C(N/N=C/c1cccc(Br)c1)C(=O)Nc1ccccc1C(=O)Nc1ccc(Cl)cc1. The van der Waals surface area contributed by atoms with Crippen molar-refractivity contribution in [1.29, 1.82) is 0 Å². The number of hydrazone groups is 1. The maximum Gasteiger partial charge on any atom is 0.329 e. The van der Waals surface area contributed by atoms with E-state index in [4.69, 9.17) is 11.6 Å². The fourth-order valence-electron chi connectivity index (χ4n) is 2.50. The smallest absolute Gasteiger partial charge is 0.322 e. The average molecular weight is 500 g/mol. The number of benzene rings is 3. The van der Waals surface area contributed by atoms with Gasteiger partial charge in [0.2, 0.25) is 0 Å². The van der Waals surface area contributed by atoms with Gasteiger partial charge in [0, 0.05) is 15.2 Å². The van der Waals surface area contributed by atoms with E-state index >= 15 is 0 Å². The summed E-state index contributed by atoms with van der Waals surface area (Å²) in [6.07, 6.45) is 1.41. The Morgan fingerprint density at radius 3 is 2.35 bits per heavy atom. The lowest BCUT2D eigenvalue weighted by Crippen LogP contribution is -2.33. The first-order valence-electron chi connectivity index (χ1n) is 8.98. The second-order valence-corrected chi connectivity index (χ2v) is 7.57. The number of hydrogen-bond donors (Lipinski definition) is 3. The van der Waals surface area contributed by atoms with Crippen LogP contribution in [0.15, 0.2) is 82.4 Å². The van der Waals surface area contributed by atoms with Gasteiger partial charge in [0.05, 0.1) is 17.5 Å². The number of anilines is 2. The zero-order valence-corrected chi connectivity index (χ0v) is 18.3. The van der Waals surface area contributed by atoms with Crippen LogP contribution in [0.1, 0.15) is 15.9 Å². The molecule has 0 heterocycles. The van der Waals surface area contributed by atoms with Crippen LogP contribution < -0.4 is 16.1 Å². The predicted octanol–water partition coefficient (Wildman–Crippen LogP) is 4.44. The summed E-state index contributed by atoms with van der Waals surface area (Å²) >= 11 is 9.18. The van der Waals surface area contributed by atoms with Gasteiger partial charge >= 0.3 is 11.8 Å². The summed E-state index contributed by atoms with van der Waals surface area (Å²) in [6, 6.07) is 20.2. The Hall–Kier alpha value is -3.49. The molecule has 0 atom stereocenters. The van der Waals surface area contributed by atoms with Crippen molar-refractivity contribution in [2.24, 2.45) is 5.10 Å². The van der Waals surface area contributed by atoms with E-state index in [-0.39, 0.29) is 11.3 Å². The van der Waals surface area contributed by atoms with Crippen molar-refractivity contribution in [2.75, 3.05) is 10.6 Å². The van der Waals surface area contributed by atoms with Gasteiger partial charge in [0.15, 0.2) is 0 Å². The van der Waals surface area contributed by atoms with Crippen molar-refractivity contribution in [1.82, 2.24) is 5.43 Å². The van der Waals surface area contributed by atoms with Gasteiger partial charge in [-0.1, -0.05) is 51.8 Å². The highest BCUT2D eigenvalue weighted by Crippen LogP contribution is 2.19. The van der Waals surface area contributed by atoms with Crippen molar-refractivity contribution in [3.8, 4) is 0 Å². The molecule has 7 nitrogen and oxygen atoms in total. The van der Waals surface area contributed by atoms with Crippen LogP contribution in [0.2, 0.25) is 5.02 Å². The maximum atomic E-state index is 12.6. The largest absolute Gasteiger partial charge is 0.329 e. The molecule has 3 amide bonds. The molecule has 0 aliphatic heterocycles. The number of carbonyl (C=O) groups excluding carboxylic acids is 3. The first-order valence-corrected chi connectivity index (χ1v) is 10.2. The summed E-state index contributed by atoms with van der Waals surface area (Å²) in [5.41, 5.74) is 3.80. The summed E-state index contributed by atoms with van der Waals surface area (Å²) in [6.45, 7) is 0. The fourth-order valence-corrected chi connectivity index (χ4v) is 3.05. The summed E-state index contributed by atoms with van der Waals surface area (Å²) in [7, 11) is 0. The van der Waals surface area contributed by atoms with Crippen LogP contribution in [0, 0.1) is 0 Å². The molecule has 0 aliphatic carbocycles. The number of carbonyl (C=O) groups is 3. The van der Waals surface area contributed by atoms with Crippen molar-refractivity contribution in [2.45, 2.75) is 0 Å². The van der Waals surface area contributed by atoms with Crippen LogP contribution >= 0.6 is 27.5 Å². The van der Waals surface area contributed by atoms with Crippen LogP contribution in [-0.4, -0.2) is 23.9 Å². The highest BCUT2D eigenvalue weighted by molar-refractivity contribution is 9.10. The lowest BCUT2D eigenvalue weighted by Gasteiger charge is -2.11. The quantitative estimate of drug-likeness (QED) is 0.275. The van der Waals surface area contributed by atoms with Gasteiger partial charge in [-0.2, -0.15) is 5.10 Å². The number of para-hydroxylation sites is 1. The maximum absolute atomic E-state index is 12.6. The van der Waals surface area contributed by atoms with Crippen molar-refractivity contribution in [3.05, 3.63) is 93.4 Å². The Balaban J connectivity index is 1.63. The fraction of sp³-hybridized carbons (Fsp3) is 0.